The van der Waals surface area contributed by atoms with Crippen LogP contribution in [0.5, 0.6) is 0 Å². The van der Waals surface area contributed by atoms with Gasteiger partial charge in [-0.2, -0.15) is 0 Å². The molecule has 1 N–H and O–H groups in total. The maximum absolute atomic E-state index is 13.8. The van der Waals surface area contributed by atoms with Crippen molar-refractivity contribution in [2.75, 3.05) is 13.1 Å². The third-order valence-corrected chi connectivity index (χ3v) is 4.95. The maximum atomic E-state index is 13.8. The first-order chi connectivity index (χ1) is 10.1. The van der Waals surface area contributed by atoms with E-state index in [1.54, 1.807) is 12.1 Å². The van der Waals surface area contributed by atoms with E-state index in [9.17, 15) is 4.39 Å². The fourth-order valence-electron chi connectivity index (χ4n) is 3.95. The van der Waals surface area contributed by atoms with Gasteiger partial charge in [0.15, 0.2) is 0 Å². The quantitative estimate of drug-likeness (QED) is 0.774. The molecule has 2 rings (SSSR count). The lowest BCUT2D eigenvalue weighted by Crippen LogP contribution is -2.32. The van der Waals surface area contributed by atoms with Crippen molar-refractivity contribution < 1.29 is 4.39 Å². The van der Waals surface area contributed by atoms with Gasteiger partial charge in [-0.25, -0.2) is 4.39 Å². The Bertz CT molecular complexity index is 423. The molecule has 21 heavy (non-hydrogen) atoms. The molecule has 118 valence electrons. The van der Waals surface area contributed by atoms with E-state index in [0.717, 1.165) is 24.6 Å². The maximum Gasteiger partial charge on any atom is 0.123 e. The van der Waals surface area contributed by atoms with Crippen LogP contribution in [0.3, 0.4) is 0 Å². The van der Waals surface area contributed by atoms with Gasteiger partial charge in [-0.05, 0) is 73.9 Å². The van der Waals surface area contributed by atoms with Crippen molar-refractivity contribution in [1.82, 2.24) is 5.32 Å². The minimum atomic E-state index is -0.0789. The average Bonchev–Trinajstić information content (AvgIpc) is 2.45. The third kappa shape index (κ3) is 4.54. The van der Waals surface area contributed by atoms with Gasteiger partial charge in [0.2, 0.25) is 0 Å². The summed E-state index contributed by atoms with van der Waals surface area (Å²) in [5, 5.41) is 3.50. The van der Waals surface area contributed by atoms with Crippen LogP contribution in [0.15, 0.2) is 18.2 Å². The van der Waals surface area contributed by atoms with Crippen LogP contribution in [0.25, 0.3) is 0 Å². The fraction of sp³-hybridized carbons (Fsp3) is 0.684. The smallest absolute Gasteiger partial charge is 0.123 e. The molecular formula is C19H30FN. The zero-order valence-corrected chi connectivity index (χ0v) is 13.8. The molecule has 3 atom stereocenters. The SMILES string of the molecule is CCCC1CCC(CNCC)C(c2cc(C)cc(F)c2)C1. The summed E-state index contributed by atoms with van der Waals surface area (Å²) in [5.41, 5.74) is 2.26. The molecule has 0 aromatic heterocycles. The highest BCUT2D eigenvalue weighted by Crippen LogP contribution is 2.42. The first-order valence-corrected chi connectivity index (χ1v) is 8.61. The van der Waals surface area contributed by atoms with Crippen molar-refractivity contribution in [3.05, 3.63) is 35.1 Å². The topological polar surface area (TPSA) is 12.0 Å². The highest BCUT2D eigenvalue weighted by molar-refractivity contribution is 5.27. The summed E-state index contributed by atoms with van der Waals surface area (Å²) in [6.07, 6.45) is 6.43. The summed E-state index contributed by atoms with van der Waals surface area (Å²) in [7, 11) is 0. The van der Waals surface area contributed by atoms with Gasteiger partial charge in [-0.1, -0.05) is 39.2 Å². The van der Waals surface area contributed by atoms with E-state index < -0.39 is 0 Å². The Hall–Kier alpha value is -0.890. The van der Waals surface area contributed by atoms with E-state index in [1.807, 2.05) is 6.92 Å². The molecular weight excluding hydrogens is 261 g/mol. The van der Waals surface area contributed by atoms with E-state index in [-0.39, 0.29) is 5.82 Å². The Morgan fingerprint density at radius 3 is 2.67 bits per heavy atom. The van der Waals surface area contributed by atoms with Gasteiger partial charge in [0.25, 0.3) is 0 Å². The van der Waals surface area contributed by atoms with Crippen molar-refractivity contribution in [1.29, 1.82) is 0 Å². The summed E-state index contributed by atoms with van der Waals surface area (Å²) in [5.74, 6) is 1.91. The summed E-state index contributed by atoms with van der Waals surface area (Å²) >= 11 is 0. The third-order valence-electron chi connectivity index (χ3n) is 4.95. The lowest BCUT2D eigenvalue weighted by molar-refractivity contribution is 0.221. The standard InChI is InChI=1S/C19H30FN/c1-4-6-15-7-8-16(13-21-5-2)19(11-15)17-9-14(3)10-18(20)12-17/h9-10,12,15-16,19,21H,4-8,11,13H2,1-3H3. The first-order valence-electron chi connectivity index (χ1n) is 8.61. The summed E-state index contributed by atoms with van der Waals surface area (Å²) < 4.78 is 13.8. The molecule has 2 heteroatoms. The van der Waals surface area contributed by atoms with Crippen LogP contribution in [0, 0.1) is 24.6 Å². The van der Waals surface area contributed by atoms with E-state index in [0.29, 0.717) is 11.8 Å². The minimum absolute atomic E-state index is 0.0789. The molecule has 0 spiro atoms. The zero-order chi connectivity index (χ0) is 15.2. The van der Waals surface area contributed by atoms with E-state index in [4.69, 9.17) is 0 Å². The van der Waals surface area contributed by atoms with Crippen LogP contribution < -0.4 is 5.32 Å². The Morgan fingerprint density at radius 2 is 2.00 bits per heavy atom. The van der Waals surface area contributed by atoms with Crippen LogP contribution in [0.2, 0.25) is 0 Å². The van der Waals surface area contributed by atoms with Crippen molar-refractivity contribution in [3.63, 3.8) is 0 Å². The van der Waals surface area contributed by atoms with Crippen molar-refractivity contribution in [2.45, 2.75) is 58.8 Å². The Balaban J connectivity index is 2.18. The minimum Gasteiger partial charge on any atom is -0.317 e. The molecule has 1 aliphatic rings. The zero-order valence-electron chi connectivity index (χ0n) is 13.8. The average molecular weight is 291 g/mol. The lowest BCUT2D eigenvalue weighted by atomic mass is 9.70. The number of hydrogen-bond acceptors (Lipinski definition) is 1. The summed E-state index contributed by atoms with van der Waals surface area (Å²) in [4.78, 5) is 0. The normalized spacial score (nSPS) is 26.0. The molecule has 3 unspecified atom stereocenters. The van der Waals surface area contributed by atoms with Gasteiger partial charge < -0.3 is 5.32 Å². The number of rotatable bonds is 6. The van der Waals surface area contributed by atoms with Crippen molar-refractivity contribution >= 4 is 0 Å². The number of hydrogen-bond donors (Lipinski definition) is 1. The molecule has 0 saturated heterocycles. The largest absolute Gasteiger partial charge is 0.317 e. The number of halogens is 1. The van der Waals surface area contributed by atoms with E-state index >= 15 is 0 Å². The highest BCUT2D eigenvalue weighted by Gasteiger charge is 2.31. The van der Waals surface area contributed by atoms with E-state index in [2.05, 4.69) is 25.2 Å². The van der Waals surface area contributed by atoms with Crippen molar-refractivity contribution in [3.8, 4) is 0 Å². The number of benzene rings is 1. The molecule has 1 aromatic carbocycles. The van der Waals surface area contributed by atoms with Crippen LogP contribution in [0.1, 0.15) is 63.0 Å². The van der Waals surface area contributed by atoms with Gasteiger partial charge in [0, 0.05) is 0 Å². The van der Waals surface area contributed by atoms with Crippen LogP contribution in [-0.2, 0) is 0 Å². The van der Waals surface area contributed by atoms with Crippen LogP contribution >= 0.6 is 0 Å². The monoisotopic (exact) mass is 291 g/mol. The molecule has 0 bridgehead atoms. The van der Waals surface area contributed by atoms with Gasteiger partial charge >= 0.3 is 0 Å². The summed E-state index contributed by atoms with van der Waals surface area (Å²) in [6.45, 7) is 8.51. The molecule has 1 aliphatic carbocycles. The Kier molecular flexibility index (Phi) is 6.22. The van der Waals surface area contributed by atoms with Crippen molar-refractivity contribution in [2.24, 2.45) is 11.8 Å². The molecule has 0 radical (unpaired) electrons. The molecule has 1 nitrogen and oxygen atoms in total. The Labute approximate surface area is 129 Å². The summed E-state index contributed by atoms with van der Waals surface area (Å²) in [6, 6.07) is 5.60. The number of aryl methyl sites for hydroxylation is 1. The molecule has 1 aromatic rings. The lowest BCUT2D eigenvalue weighted by Gasteiger charge is -2.37. The predicted octanol–water partition coefficient (Wildman–Crippen LogP) is 5.04. The Morgan fingerprint density at radius 1 is 1.19 bits per heavy atom. The second kappa shape index (κ2) is 7.93. The molecule has 0 heterocycles. The van der Waals surface area contributed by atoms with Gasteiger partial charge in [-0.3, -0.25) is 0 Å². The second-order valence-electron chi connectivity index (χ2n) is 6.70. The molecule has 0 amide bonds. The molecule has 0 aliphatic heterocycles. The van der Waals surface area contributed by atoms with Gasteiger partial charge in [0.1, 0.15) is 5.82 Å². The molecule has 1 fully saturated rings. The predicted molar refractivity (Wildman–Crippen MR) is 88.2 cm³/mol. The fourth-order valence-corrected chi connectivity index (χ4v) is 3.95. The first kappa shape index (κ1) is 16.5. The second-order valence-corrected chi connectivity index (χ2v) is 6.70. The van der Waals surface area contributed by atoms with Gasteiger partial charge in [-0.15, -0.1) is 0 Å². The van der Waals surface area contributed by atoms with Crippen LogP contribution in [0.4, 0.5) is 4.39 Å². The number of nitrogens with one attached hydrogen (secondary N) is 1. The van der Waals surface area contributed by atoms with E-state index in [1.165, 1.54) is 37.7 Å². The molecule has 1 saturated carbocycles. The van der Waals surface area contributed by atoms with Gasteiger partial charge in [0.05, 0.1) is 0 Å². The highest BCUT2D eigenvalue weighted by atomic mass is 19.1. The van der Waals surface area contributed by atoms with Crippen LogP contribution in [-0.4, -0.2) is 13.1 Å².